The molecule has 5 heteroatoms. The van der Waals surface area contributed by atoms with Crippen molar-refractivity contribution in [2.45, 2.75) is 19.3 Å². The van der Waals surface area contributed by atoms with E-state index in [-0.39, 0.29) is 12.0 Å². The van der Waals surface area contributed by atoms with Crippen molar-refractivity contribution in [3.8, 4) is 5.75 Å². The highest BCUT2D eigenvalue weighted by atomic mass is 16.5. The number of carboxylic acid groups (broad SMARTS) is 2. The topological polar surface area (TPSA) is 83.8 Å². The van der Waals surface area contributed by atoms with Crippen LogP contribution in [-0.4, -0.2) is 29.3 Å². The van der Waals surface area contributed by atoms with Crippen molar-refractivity contribution in [1.29, 1.82) is 0 Å². The van der Waals surface area contributed by atoms with Crippen LogP contribution in [0.3, 0.4) is 0 Å². The average molecular weight is 238 g/mol. The van der Waals surface area contributed by atoms with Gasteiger partial charge < -0.3 is 14.9 Å². The molecule has 0 bridgehead atoms. The summed E-state index contributed by atoms with van der Waals surface area (Å²) in [6.45, 7) is 0. The van der Waals surface area contributed by atoms with Crippen LogP contribution < -0.4 is 4.74 Å². The molecule has 17 heavy (non-hydrogen) atoms. The van der Waals surface area contributed by atoms with Crippen molar-refractivity contribution >= 4 is 11.9 Å². The number of methoxy groups -OCH3 is 1. The third kappa shape index (κ3) is 3.79. The number of hydrogen-bond donors (Lipinski definition) is 2. The molecule has 0 aliphatic rings. The summed E-state index contributed by atoms with van der Waals surface area (Å²) < 4.78 is 5.01. The standard InChI is InChI=1S/C12H14O5/c1-17-9-5-6-10(12(15)16)8(7-9)3-2-4-11(13)14/h5-7H,2-4H2,1H3,(H,13,14)(H,15,16). The van der Waals surface area contributed by atoms with E-state index < -0.39 is 11.9 Å². The Morgan fingerprint density at radius 1 is 1.29 bits per heavy atom. The fourth-order valence-corrected chi connectivity index (χ4v) is 1.54. The van der Waals surface area contributed by atoms with Gasteiger partial charge >= 0.3 is 11.9 Å². The third-order valence-corrected chi connectivity index (χ3v) is 2.38. The number of hydrogen-bond acceptors (Lipinski definition) is 3. The molecular formula is C12H14O5. The van der Waals surface area contributed by atoms with Gasteiger partial charge in [0.15, 0.2) is 0 Å². The molecule has 0 fully saturated rings. The number of carbonyl (C=O) groups is 2. The zero-order valence-electron chi connectivity index (χ0n) is 9.47. The fourth-order valence-electron chi connectivity index (χ4n) is 1.54. The lowest BCUT2D eigenvalue weighted by Gasteiger charge is -2.07. The van der Waals surface area contributed by atoms with Crippen molar-refractivity contribution < 1.29 is 24.5 Å². The molecule has 1 aromatic carbocycles. The molecule has 92 valence electrons. The van der Waals surface area contributed by atoms with Crippen molar-refractivity contribution in [2.24, 2.45) is 0 Å². The summed E-state index contributed by atoms with van der Waals surface area (Å²) in [5, 5.41) is 17.5. The highest BCUT2D eigenvalue weighted by Crippen LogP contribution is 2.19. The second kappa shape index (κ2) is 5.89. The molecule has 0 saturated carbocycles. The van der Waals surface area contributed by atoms with Crippen LogP contribution in [0.25, 0.3) is 0 Å². The van der Waals surface area contributed by atoms with E-state index in [2.05, 4.69) is 0 Å². The number of aryl methyl sites for hydroxylation is 1. The molecule has 0 heterocycles. The van der Waals surface area contributed by atoms with E-state index in [0.717, 1.165) is 0 Å². The Kier molecular flexibility index (Phi) is 4.51. The van der Waals surface area contributed by atoms with Crippen LogP contribution in [-0.2, 0) is 11.2 Å². The van der Waals surface area contributed by atoms with Crippen LogP contribution in [0, 0.1) is 0 Å². The van der Waals surface area contributed by atoms with E-state index in [1.165, 1.54) is 13.2 Å². The zero-order valence-corrected chi connectivity index (χ0v) is 9.47. The van der Waals surface area contributed by atoms with Crippen LogP contribution in [0.15, 0.2) is 18.2 Å². The Hall–Kier alpha value is -2.04. The Labute approximate surface area is 98.6 Å². The van der Waals surface area contributed by atoms with Gasteiger partial charge in [-0.15, -0.1) is 0 Å². The summed E-state index contributed by atoms with van der Waals surface area (Å²) in [4.78, 5) is 21.4. The van der Waals surface area contributed by atoms with Crippen LogP contribution in [0.2, 0.25) is 0 Å². The summed E-state index contributed by atoms with van der Waals surface area (Å²) in [6, 6.07) is 4.67. The van der Waals surface area contributed by atoms with Crippen LogP contribution in [0.1, 0.15) is 28.8 Å². The van der Waals surface area contributed by atoms with Gasteiger partial charge in [0.25, 0.3) is 0 Å². The molecule has 0 unspecified atom stereocenters. The molecule has 1 aromatic rings. The maximum atomic E-state index is 11.0. The van der Waals surface area contributed by atoms with Gasteiger partial charge in [-0.2, -0.15) is 0 Å². The quantitative estimate of drug-likeness (QED) is 0.789. The van der Waals surface area contributed by atoms with Gasteiger partial charge in [0, 0.05) is 6.42 Å². The van der Waals surface area contributed by atoms with Crippen molar-refractivity contribution in [1.82, 2.24) is 0 Å². The molecule has 0 aliphatic heterocycles. The van der Waals surface area contributed by atoms with Gasteiger partial charge in [-0.05, 0) is 36.6 Å². The molecular weight excluding hydrogens is 224 g/mol. The number of ether oxygens (including phenoxy) is 1. The Balaban J connectivity index is 2.85. The summed E-state index contributed by atoms with van der Waals surface area (Å²) in [5.74, 6) is -1.33. The molecule has 0 aromatic heterocycles. The predicted molar refractivity (Wildman–Crippen MR) is 60.5 cm³/mol. The lowest BCUT2D eigenvalue weighted by atomic mass is 10.0. The van der Waals surface area contributed by atoms with Crippen molar-refractivity contribution in [3.63, 3.8) is 0 Å². The van der Waals surface area contributed by atoms with Gasteiger partial charge in [-0.25, -0.2) is 4.79 Å². The minimum Gasteiger partial charge on any atom is -0.497 e. The predicted octanol–water partition coefficient (Wildman–Crippen LogP) is 1.80. The van der Waals surface area contributed by atoms with Gasteiger partial charge in [-0.1, -0.05) is 0 Å². The summed E-state index contributed by atoms with van der Waals surface area (Å²) >= 11 is 0. The average Bonchev–Trinajstić information content (AvgIpc) is 2.28. The zero-order chi connectivity index (χ0) is 12.8. The molecule has 0 atom stereocenters. The minimum atomic E-state index is -1.02. The fraction of sp³-hybridized carbons (Fsp3) is 0.333. The van der Waals surface area contributed by atoms with Crippen molar-refractivity contribution in [3.05, 3.63) is 29.3 Å². The second-order valence-corrected chi connectivity index (χ2v) is 3.58. The highest BCUT2D eigenvalue weighted by molar-refractivity contribution is 5.89. The third-order valence-electron chi connectivity index (χ3n) is 2.38. The largest absolute Gasteiger partial charge is 0.497 e. The molecule has 0 radical (unpaired) electrons. The van der Waals surface area contributed by atoms with Gasteiger partial charge in [0.2, 0.25) is 0 Å². The van der Waals surface area contributed by atoms with E-state index in [1.54, 1.807) is 12.1 Å². The molecule has 2 N–H and O–H groups in total. The normalized spacial score (nSPS) is 9.94. The molecule has 5 nitrogen and oxygen atoms in total. The monoisotopic (exact) mass is 238 g/mol. The van der Waals surface area contributed by atoms with Gasteiger partial charge in [0.1, 0.15) is 5.75 Å². The van der Waals surface area contributed by atoms with Gasteiger partial charge in [0.05, 0.1) is 12.7 Å². The molecule has 0 spiro atoms. The Morgan fingerprint density at radius 2 is 2.00 bits per heavy atom. The summed E-state index contributed by atoms with van der Waals surface area (Å²) in [7, 11) is 1.50. The van der Waals surface area contributed by atoms with Crippen LogP contribution in [0.4, 0.5) is 0 Å². The number of aromatic carboxylic acids is 1. The van der Waals surface area contributed by atoms with E-state index in [4.69, 9.17) is 14.9 Å². The van der Waals surface area contributed by atoms with E-state index in [9.17, 15) is 9.59 Å². The lowest BCUT2D eigenvalue weighted by molar-refractivity contribution is -0.137. The maximum absolute atomic E-state index is 11.0. The Bertz CT molecular complexity index is 425. The number of carboxylic acids is 2. The van der Waals surface area contributed by atoms with E-state index in [0.29, 0.717) is 24.2 Å². The highest BCUT2D eigenvalue weighted by Gasteiger charge is 2.11. The van der Waals surface area contributed by atoms with Gasteiger partial charge in [-0.3, -0.25) is 4.79 Å². The first kappa shape index (κ1) is 13.0. The maximum Gasteiger partial charge on any atom is 0.335 e. The molecule has 0 saturated heterocycles. The first-order valence-electron chi connectivity index (χ1n) is 5.16. The van der Waals surface area contributed by atoms with Crippen LogP contribution >= 0.6 is 0 Å². The van der Waals surface area contributed by atoms with E-state index >= 15 is 0 Å². The Morgan fingerprint density at radius 3 is 2.53 bits per heavy atom. The first-order valence-corrected chi connectivity index (χ1v) is 5.16. The van der Waals surface area contributed by atoms with Crippen LogP contribution in [0.5, 0.6) is 5.75 Å². The second-order valence-electron chi connectivity index (χ2n) is 3.58. The molecule has 1 rings (SSSR count). The first-order chi connectivity index (χ1) is 8.04. The number of rotatable bonds is 6. The SMILES string of the molecule is COc1ccc(C(=O)O)c(CCCC(=O)O)c1. The number of benzene rings is 1. The molecule has 0 amide bonds. The van der Waals surface area contributed by atoms with E-state index in [1.807, 2.05) is 0 Å². The summed E-state index contributed by atoms with van der Waals surface area (Å²) in [6.07, 6.45) is 0.837. The molecule has 0 aliphatic carbocycles. The lowest BCUT2D eigenvalue weighted by Crippen LogP contribution is -2.04. The smallest absolute Gasteiger partial charge is 0.335 e. The van der Waals surface area contributed by atoms with Crippen molar-refractivity contribution in [2.75, 3.05) is 7.11 Å². The minimum absolute atomic E-state index is 0.0241. The number of aliphatic carboxylic acids is 1. The summed E-state index contributed by atoms with van der Waals surface area (Å²) in [5.41, 5.74) is 0.786.